The molecular formula is C13H16N4O4. The molecule has 0 bridgehead atoms. The molecule has 1 aromatic rings. The number of nitrogens with one attached hydrogen (secondary N) is 1. The molecule has 0 aliphatic carbocycles. The normalized spacial score (nSPS) is 13.0. The zero-order valence-electron chi connectivity index (χ0n) is 11.5. The molecule has 0 aliphatic heterocycles. The number of hydrogen-bond acceptors (Lipinski definition) is 5. The standard InChI is InChI=1S/C13H16N4O4/c1-13(12(15)21,5-4-9(18)10(14)19)17-11(20)8-3-2-6-16-7-8/h2-3,6-7H,4-5H2,1H3,(H2,14,19)(H2,15,21)(H,17,20). The quantitative estimate of drug-likeness (QED) is 0.545. The average molecular weight is 292 g/mol. The van der Waals surface area contributed by atoms with Crippen molar-refractivity contribution in [2.24, 2.45) is 11.5 Å². The zero-order valence-corrected chi connectivity index (χ0v) is 11.5. The summed E-state index contributed by atoms with van der Waals surface area (Å²) >= 11 is 0. The van der Waals surface area contributed by atoms with E-state index in [1.165, 1.54) is 25.4 Å². The van der Waals surface area contributed by atoms with Gasteiger partial charge in [0.1, 0.15) is 5.54 Å². The number of nitrogens with two attached hydrogens (primary N) is 2. The molecule has 0 spiro atoms. The van der Waals surface area contributed by atoms with Crippen molar-refractivity contribution in [3.05, 3.63) is 30.1 Å². The van der Waals surface area contributed by atoms with Crippen molar-refractivity contribution in [1.29, 1.82) is 0 Å². The molecule has 0 saturated carbocycles. The summed E-state index contributed by atoms with van der Waals surface area (Å²) in [6, 6.07) is 3.07. The summed E-state index contributed by atoms with van der Waals surface area (Å²) in [5.41, 5.74) is 8.86. The van der Waals surface area contributed by atoms with Gasteiger partial charge in [0.15, 0.2) is 0 Å². The molecule has 1 unspecified atom stereocenters. The molecule has 1 rings (SSSR count). The van der Waals surface area contributed by atoms with E-state index in [2.05, 4.69) is 10.3 Å². The lowest BCUT2D eigenvalue weighted by Gasteiger charge is -2.27. The summed E-state index contributed by atoms with van der Waals surface area (Å²) in [6.45, 7) is 1.37. The number of pyridine rings is 1. The number of rotatable bonds is 7. The van der Waals surface area contributed by atoms with Crippen LogP contribution in [0.15, 0.2) is 24.5 Å². The van der Waals surface area contributed by atoms with Crippen LogP contribution in [-0.2, 0) is 14.4 Å². The minimum absolute atomic E-state index is 0.129. The number of carbonyl (C=O) groups is 4. The van der Waals surface area contributed by atoms with Crippen molar-refractivity contribution < 1.29 is 19.2 Å². The maximum atomic E-state index is 12.0. The molecule has 0 fully saturated rings. The fourth-order valence-corrected chi connectivity index (χ4v) is 1.55. The van der Waals surface area contributed by atoms with E-state index in [0.717, 1.165) is 0 Å². The van der Waals surface area contributed by atoms with Crippen LogP contribution in [-0.4, -0.2) is 34.0 Å². The van der Waals surface area contributed by atoms with E-state index < -0.39 is 29.0 Å². The number of nitrogens with zero attached hydrogens (tertiary/aromatic N) is 1. The monoisotopic (exact) mass is 292 g/mol. The minimum atomic E-state index is -1.47. The molecule has 0 saturated heterocycles. The summed E-state index contributed by atoms with van der Waals surface area (Å²) in [5.74, 6) is -3.31. The van der Waals surface area contributed by atoms with Crippen LogP contribution >= 0.6 is 0 Å². The van der Waals surface area contributed by atoms with Gasteiger partial charge in [-0.25, -0.2) is 0 Å². The van der Waals surface area contributed by atoms with Gasteiger partial charge < -0.3 is 16.8 Å². The highest BCUT2D eigenvalue weighted by Crippen LogP contribution is 2.13. The van der Waals surface area contributed by atoms with Crippen LogP contribution in [0.3, 0.4) is 0 Å². The summed E-state index contributed by atoms with van der Waals surface area (Å²) in [6.07, 6.45) is 2.40. The first-order valence-electron chi connectivity index (χ1n) is 6.11. The summed E-state index contributed by atoms with van der Waals surface area (Å²) in [7, 11) is 0. The predicted octanol–water partition coefficient (Wildman–Crippen LogP) is -1.11. The summed E-state index contributed by atoms with van der Waals surface area (Å²) in [5, 5.41) is 2.45. The van der Waals surface area contributed by atoms with Crippen LogP contribution in [0.4, 0.5) is 0 Å². The van der Waals surface area contributed by atoms with Gasteiger partial charge in [0, 0.05) is 18.8 Å². The molecule has 8 nitrogen and oxygen atoms in total. The lowest BCUT2D eigenvalue weighted by molar-refractivity contribution is -0.136. The number of aromatic nitrogens is 1. The first kappa shape index (κ1) is 16.3. The van der Waals surface area contributed by atoms with Crippen molar-refractivity contribution >= 4 is 23.5 Å². The third-order valence-electron chi connectivity index (χ3n) is 2.98. The van der Waals surface area contributed by atoms with Crippen molar-refractivity contribution in [2.75, 3.05) is 0 Å². The van der Waals surface area contributed by atoms with Crippen molar-refractivity contribution in [3.8, 4) is 0 Å². The number of ketones is 1. The molecule has 1 heterocycles. The molecule has 112 valence electrons. The Morgan fingerprint density at radius 3 is 2.43 bits per heavy atom. The van der Waals surface area contributed by atoms with Gasteiger partial charge in [-0.05, 0) is 25.5 Å². The molecule has 0 aromatic carbocycles. The van der Waals surface area contributed by atoms with E-state index in [9.17, 15) is 19.2 Å². The Labute approximate surface area is 120 Å². The number of primary amides is 2. The Kier molecular flexibility index (Phi) is 5.12. The van der Waals surface area contributed by atoms with Gasteiger partial charge in [-0.2, -0.15) is 0 Å². The fourth-order valence-electron chi connectivity index (χ4n) is 1.55. The van der Waals surface area contributed by atoms with Gasteiger partial charge in [0.05, 0.1) is 5.56 Å². The number of carbonyl (C=O) groups excluding carboxylic acids is 4. The first-order valence-corrected chi connectivity index (χ1v) is 6.11. The van der Waals surface area contributed by atoms with Crippen LogP contribution < -0.4 is 16.8 Å². The first-order chi connectivity index (χ1) is 9.76. The summed E-state index contributed by atoms with van der Waals surface area (Å²) in [4.78, 5) is 49.2. The molecule has 1 aromatic heterocycles. The smallest absolute Gasteiger partial charge is 0.284 e. The van der Waals surface area contributed by atoms with E-state index in [-0.39, 0.29) is 18.4 Å². The molecule has 8 heteroatoms. The summed E-state index contributed by atoms with van der Waals surface area (Å²) < 4.78 is 0. The fraction of sp³-hybridized carbons (Fsp3) is 0.308. The van der Waals surface area contributed by atoms with Crippen LogP contribution in [0, 0.1) is 0 Å². The molecule has 3 amide bonds. The lowest BCUT2D eigenvalue weighted by atomic mass is 9.93. The molecule has 5 N–H and O–H groups in total. The van der Waals surface area contributed by atoms with E-state index >= 15 is 0 Å². The number of amides is 3. The maximum absolute atomic E-state index is 12.0. The average Bonchev–Trinajstić information content (AvgIpc) is 2.45. The zero-order chi connectivity index (χ0) is 16.0. The van der Waals surface area contributed by atoms with Crippen LogP contribution in [0.25, 0.3) is 0 Å². The van der Waals surface area contributed by atoms with Crippen molar-refractivity contribution in [2.45, 2.75) is 25.3 Å². The number of hydrogen-bond donors (Lipinski definition) is 3. The maximum Gasteiger partial charge on any atom is 0.284 e. The van der Waals surface area contributed by atoms with E-state index in [1.807, 2.05) is 0 Å². The van der Waals surface area contributed by atoms with Gasteiger partial charge in [-0.3, -0.25) is 24.2 Å². The van der Waals surface area contributed by atoms with Crippen LogP contribution in [0.2, 0.25) is 0 Å². The highest BCUT2D eigenvalue weighted by molar-refractivity contribution is 6.35. The Hall–Kier alpha value is -2.77. The van der Waals surface area contributed by atoms with E-state index in [0.29, 0.717) is 0 Å². The second-order valence-corrected chi connectivity index (χ2v) is 4.68. The molecule has 0 radical (unpaired) electrons. The van der Waals surface area contributed by atoms with Crippen molar-refractivity contribution in [3.63, 3.8) is 0 Å². The van der Waals surface area contributed by atoms with Crippen molar-refractivity contribution in [1.82, 2.24) is 10.3 Å². The van der Waals surface area contributed by atoms with Gasteiger partial charge in [-0.1, -0.05) is 0 Å². The molecule has 1 atom stereocenters. The second kappa shape index (κ2) is 6.60. The molecule has 21 heavy (non-hydrogen) atoms. The van der Waals surface area contributed by atoms with Gasteiger partial charge in [-0.15, -0.1) is 0 Å². The highest BCUT2D eigenvalue weighted by Gasteiger charge is 2.34. The van der Waals surface area contributed by atoms with Gasteiger partial charge in [0.2, 0.25) is 11.7 Å². The topological polar surface area (TPSA) is 145 Å². The largest absolute Gasteiger partial charge is 0.368 e. The van der Waals surface area contributed by atoms with E-state index in [4.69, 9.17) is 11.5 Å². The predicted molar refractivity (Wildman–Crippen MR) is 72.7 cm³/mol. The Morgan fingerprint density at radius 2 is 1.95 bits per heavy atom. The van der Waals surface area contributed by atoms with Crippen LogP contribution in [0.5, 0.6) is 0 Å². The molecular weight excluding hydrogens is 276 g/mol. The molecule has 0 aliphatic rings. The highest BCUT2D eigenvalue weighted by atomic mass is 16.2. The Balaban J connectivity index is 2.81. The third-order valence-corrected chi connectivity index (χ3v) is 2.98. The lowest BCUT2D eigenvalue weighted by Crippen LogP contribution is -2.55. The third kappa shape index (κ3) is 4.37. The second-order valence-electron chi connectivity index (χ2n) is 4.68. The van der Waals surface area contributed by atoms with Gasteiger partial charge in [0.25, 0.3) is 11.8 Å². The number of Topliss-reactive ketones (excluding diaryl/α,β-unsaturated/α-hetero) is 1. The minimum Gasteiger partial charge on any atom is -0.368 e. The van der Waals surface area contributed by atoms with Crippen LogP contribution in [0.1, 0.15) is 30.1 Å². The van der Waals surface area contributed by atoms with E-state index in [1.54, 1.807) is 6.07 Å². The van der Waals surface area contributed by atoms with Gasteiger partial charge >= 0.3 is 0 Å². The SMILES string of the molecule is CC(CCC(=O)C(N)=O)(NC(=O)c1cccnc1)C(N)=O. The Bertz CT molecular complexity index is 573. The Morgan fingerprint density at radius 1 is 1.29 bits per heavy atom.